The summed E-state index contributed by atoms with van der Waals surface area (Å²) in [7, 11) is 0. The van der Waals surface area contributed by atoms with Crippen LogP contribution in [0.1, 0.15) is 90.9 Å². The summed E-state index contributed by atoms with van der Waals surface area (Å²) < 4.78 is 0. The van der Waals surface area contributed by atoms with Gasteiger partial charge in [-0.1, -0.05) is 37.8 Å². The van der Waals surface area contributed by atoms with E-state index in [1.165, 1.54) is 57.8 Å². The highest BCUT2D eigenvalue weighted by molar-refractivity contribution is 5.82. The molecule has 128 valence electrons. The molecule has 4 aliphatic rings. The van der Waals surface area contributed by atoms with Crippen molar-refractivity contribution in [2.45, 2.75) is 90.9 Å². The first-order valence-electron chi connectivity index (χ1n) is 10.4. The van der Waals surface area contributed by atoms with Crippen LogP contribution < -0.4 is 0 Å². The number of Topliss-reactive ketones (excluding diaryl/α,β-unsaturated/α-hetero) is 1. The maximum atomic E-state index is 11.8. The minimum absolute atomic E-state index is 0.503. The van der Waals surface area contributed by atoms with E-state index < -0.39 is 0 Å². The third-order valence-corrected chi connectivity index (χ3v) is 8.30. The number of rotatable bonds is 3. The van der Waals surface area contributed by atoms with Gasteiger partial charge in [-0.3, -0.25) is 4.79 Å². The normalized spacial score (nSPS) is 43.1. The Labute approximate surface area is 142 Å². The summed E-state index contributed by atoms with van der Waals surface area (Å²) in [5.41, 5.74) is 3.98. The van der Waals surface area contributed by atoms with Crippen molar-refractivity contribution in [1.82, 2.24) is 0 Å². The van der Waals surface area contributed by atoms with Gasteiger partial charge in [-0.15, -0.1) is 0 Å². The lowest BCUT2D eigenvalue weighted by Gasteiger charge is -2.52. The number of hydrogen-bond donors (Lipinski definition) is 0. The zero-order valence-corrected chi connectivity index (χ0v) is 15.2. The first kappa shape index (κ1) is 15.9. The Morgan fingerprint density at radius 1 is 1.09 bits per heavy atom. The minimum Gasteiger partial charge on any atom is -0.299 e. The van der Waals surface area contributed by atoms with Crippen molar-refractivity contribution in [2.75, 3.05) is 0 Å². The highest BCUT2D eigenvalue weighted by Gasteiger charge is 2.54. The second-order valence-corrected chi connectivity index (χ2v) is 9.22. The molecule has 1 nitrogen and oxygen atoms in total. The molecule has 0 aromatic rings. The van der Waals surface area contributed by atoms with Crippen molar-refractivity contribution in [2.24, 2.45) is 29.1 Å². The average molecular weight is 315 g/mol. The number of ketones is 1. The van der Waals surface area contributed by atoms with Gasteiger partial charge in [0.1, 0.15) is 5.78 Å². The van der Waals surface area contributed by atoms with E-state index in [2.05, 4.69) is 13.8 Å². The van der Waals surface area contributed by atoms with Crippen LogP contribution in [0.25, 0.3) is 0 Å². The van der Waals surface area contributed by atoms with Crippen LogP contribution >= 0.6 is 0 Å². The van der Waals surface area contributed by atoms with Gasteiger partial charge in [0.25, 0.3) is 0 Å². The molecule has 2 fully saturated rings. The van der Waals surface area contributed by atoms with Crippen molar-refractivity contribution >= 4 is 5.78 Å². The molecule has 4 rings (SSSR count). The summed E-state index contributed by atoms with van der Waals surface area (Å²) in [5, 5.41) is 0. The molecule has 0 aliphatic heterocycles. The first-order valence-corrected chi connectivity index (χ1v) is 10.4. The van der Waals surface area contributed by atoms with Gasteiger partial charge in [0, 0.05) is 12.8 Å². The maximum absolute atomic E-state index is 11.8. The Balaban J connectivity index is 1.55. The van der Waals surface area contributed by atoms with Crippen LogP contribution in [0.5, 0.6) is 0 Å². The molecule has 0 radical (unpaired) electrons. The van der Waals surface area contributed by atoms with E-state index in [0.29, 0.717) is 11.2 Å². The van der Waals surface area contributed by atoms with E-state index in [9.17, 15) is 4.79 Å². The van der Waals surface area contributed by atoms with Crippen molar-refractivity contribution in [1.29, 1.82) is 0 Å². The lowest BCUT2D eigenvalue weighted by Crippen LogP contribution is -2.44. The van der Waals surface area contributed by atoms with Crippen molar-refractivity contribution in [3.05, 3.63) is 11.1 Å². The summed E-state index contributed by atoms with van der Waals surface area (Å²) in [6.07, 6.45) is 15.5. The standard InChI is InChI=1S/C22H34O/c1-3-4-5-16-7-11-21-20-9-6-15-14-17(23)8-10-18(15)19(20)12-13-22(16,21)2/h16,19-21H,3-14H2,1-2H3/t16-,19?,20?,21?,22+/m0/s1. The topological polar surface area (TPSA) is 17.1 Å². The molecule has 2 saturated carbocycles. The van der Waals surface area contributed by atoms with Gasteiger partial charge in [0.15, 0.2) is 0 Å². The number of unbranched alkanes of at least 4 members (excludes halogenated alkanes) is 1. The van der Waals surface area contributed by atoms with Gasteiger partial charge in [-0.2, -0.15) is 0 Å². The largest absolute Gasteiger partial charge is 0.299 e. The third kappa shape index (κ3) is 2.53. The minimum atomic E-state index is 0.503. The highest BCUT2D eigenvalue weighted by atomic mass is 16.1. The Morgan fingerprint density at radius 3 is 2.78 bits per heavy atom. The first-order chi connectivity index (χ1) is 11.1. The van der Waals surface area contributed by atoms with Gasteiger partial charge < -0.3 is 0 Å². The van der Waals surface area contributed by atoms with Gasteiger partial charge >= 0.3 is 0 Å². The summed E-state index contributed by atoms with van der Waals surface area (Å²) in [4.78, 5) is 11.8. The number of carbonyl (C=O) groups excluding carboxylic acids is 1. The van der Waals surface area contributed by atoms with Gasteiger partial charge in [-0.25, -0.2) is 0 Å². The molecule has 0 amide bonds. The van der Waals surface area contributed by atoms with Crippen LogP contribution in [-0.4, -0.2) is 5.78 Å². The Hall–Kier alpha value is -0.590. The summed E-state index contributed by atoms with van der Waals surface area (Å²) in [6.45, 7) is 4.99. The third-order valence-electron chi connectivity index (χ3n) is 8.30. The van der Waals surface area contributed by atoms with E-state index in [1.54, 1.807) is 11.1 Å². The smallest absolute Gasteiger partial charge is 0.137 e. The summed E-state index contributed by atoms with van der Waals surface area (Å²) in [5.74, 6) is 4.29. The van der Waals surface area contributed by atoms with Crippen LogP contribution in [0.4, 0.5) is 0 Å². The number of allylic oxidation sites excluding steroid dienone is 2. The predicted molar refractivity (Wildman–Crippen MR) is 95.2 cm³/mol. The molecular weight excluding hydrogens is 280 g/mol. The lowest BCUT2D eigenvalue weighted by molar-refractivity contribution is -0.119. The van der Waals surface area contributed by atoms with Gasteiger partial charge in [0.2, 0.25) is 0 Å². The van der Waals surface area contributed by atoms with Crippen LogP contribution in [-0.2, 0) is 4.79 Å². The molecule has 0 spiro atoms. The van der Waals surface area contributed by atoms with Crippen LogP contribution in [0.3, 0.4) is 0 Å². The molecule has 0 bridgehead atoms. The Kier molecular flexibility index (Phi) is 4.18. The quantitative estimate of drug-likeness (QED) is 0.577. The predicted octanol–water partition coefficient (Wildman–Crippen LogP) is 6.08. The molecule has 0 aromatic carbocycles. The van der Waals surface area contributed by atoms with Crippen molar-refractivity contribution in [3.8, 4) is 0 Å². The van der Waals surface area contributed by atoms with Crippen LogP contribution in [0.15, 0.2) is 11.1 Å². The van der Waals surface area contributed by atoms with Crippen LogP contribution in [0, 0.1) is 29.1 Å². The second kappa shape index (κ2) is 6.05. The molecule has 0 saturated heterocycles. The molecule has 0 aromatic heterocycles. The Morgan fingerprint density at radius 2 is 1.96 bits per heavy atom. The second-order valence-electron chi connectivity index (χ2n) is 9.22. The maximum Gasteiger partial charge on any atom is 0.137 e. The van der Waals surface area contributed by atoms with E-state index in [1.807, 2.05) is 0 Å². The number of hydrogen-bond acceptors (Lipinski definition) is 1. The fourth-order valence-electron chi connectivity index (χ4n) is 7.08. The molecule has 4 aliphatic carbocycles. The molecular formula is C22H34O. The number of fused-ring (bicyclic) bond motifs is 4. The highest BCUT2D eigenvalue weighted by Crippen LogP contribution is 2.63. The fourth-order valence-corrected chi connectivity index (χ4v) is 7.08. The van der Waals surface area contributed by atoms with E-state index >= 15 is 0 Å². The van der Waals surface area contributed by atoms with E-state index in [-0.39, 0.29) is 0 Å². The molecule has 0 N–H and O–H groups in total. The van der Waals surface area contributed by atoms with Crippen molar-refractivity contribution in [3.63, 3.8) is 0 Å². The summed E-state index contributed by atoms with van der Waals surface area (Å²) >= 11 is 0. The summed E-state index contributed by atoms with van der Waals surface area (Å²) in [6, 6.07) is 0. The molecule has 1 heteroatoms. The average Bonchev–Trinajstić information content (AvgIpc) is 2.89. The van der Waals surface area contributed by atoms with Gasteiger partial charge in [-0.05, 0) is 80.5 Å². The molecule has 3 unspecified atom stereocenters. The van der Waals surface area contributed by atoms with E-state index in [0.717, 1.165) is 42.9 Å². The zero-order valence-electron chi connectivity index (χ0n) is 15.2. The lowest BCUT2D eigenvalue weighted by atomic mass is 9.53. The Bertz CT molecular complexity index is 516. The number of carbonyl (C=O) groups is 1. The SMILES string of the molecule is CCCC[C@H]1CCC2C3CCC4=C(CCC(=O)C4)C3CC[C@@]21C. The zero-order chi connectivity index (χ0) is 16.0. The van der Waals surface area contributed by atoms with Crippen molar-refractivity contribution < 1.29 is 4.79 Å². The van der Waals surface area contributed by atoms with Crippen LogP contribution in [0.2, 0.25) is 0 Å². The molecule has 5 atom stereocenters. The molecule has 23 heavy (non-hydrogen) atoms. The monoisotopic (exact) mass is 314 g/mol. The molecule has 0 heterocycles. The van der Waals surface area contributed by atoms with E-state index in [4.69, 9.17) is 0 Å². The van der Waals surface area contributed by atoms with Gasteiger partial charge in [0.05, 0.1) is 0 Å². The fraction of sp³-hybridized carbons (Fsp3) is 0.864.